The average molecular weight is 311 g/mol. The molecule has 0 aliphatic heterocycles. The van der Waals surface area contributed by atoms with Crippen molar-refractivity contribution in [2.45, 2.75) is 43.7 Å². The van der Waals surface area contributed by atoms with Gasteiger partial charge in [0, 0.05) is 17.6 Å². The predicted octanol–water partition coefficient (Wildman–Crippen LogP) is 3.23. The molecule has 3 nitrogen and oxygen atoms in total. The lowest BCUT2D eigenvalue weighted by atomic mass is 10.0. The molecule has 0 radical (unpaired) electrons. The van der Waals surface area contributed by atoms with Gasteiger partial charge in [0.25, 0.3) is 0 Å². The number of benzene rings is 1. The number of hydrogen-bond donors (Lipinski definition) is 2. The molecule has 118 valence electrons. The van der Waals surface area contributed by atoms with Gasteiger partial charge in [0.05, 0.1) is 5.60 Å². The minimum atomic E-state index is -0.464. The molecule has 4 heteroatoms. The summed E-state index contributed by atoms with van der Waals surface area (Å²) in [6, 6.07) is 8.25. The standard InChI is InChI=1S/C17H27ClN2O/c1-19-16(14-7-3-4-8-15(14)18)9-12-20(2)13-17(21)10-5-6-11-17/h3-4,7-8,16,19,21H,5-6,9-13H2,1-2H3. The third kappa shape index (κ3) is 4.68. The van der Waals surface area contributed by atoms with Gasteiger partial charge < -0.3 is 15.3 Å². The smallest absolute Gasteiger partial charge is 0.0774 e. The quantitative estimate of drug-likeness (QED) is 0.811. The second kappa shape index (κ2) is 7.59. The summed E-state index contributed by atoms with van der Waals surface area (Å²) in [4.78, 5) is 2.24. The van der Waals surface area contributed by atoms with Crippen LogP contribution in [0.25, 0.3) is 0 Å². The molecule has 0 saturated heterocycles. The van der Waals surface area contributed by atoms with Gasteiger partial charge in [-0.3, -0.25) is 0 Å². The lowest BCUT2D eigenvalue weighted by Crippen LogP contribution is -2.40. The van der Waals surface area contributed by atoms with Gasteiger partial charge in [0.2, 0.25) is 0 Å². The first-order valence-electron chi connectivity index (χ1n) is 7.87. The second-order valence-electron chi connectivity index (χ2n) is 6.32. The van der Waals surface area contributed by atoms with E-state index in [0.717, 1.165) is 55.8 Å². The number of hydrogen-bond acceptors (Lipinski definition) is 3. The Balaban J connectivity index is 1.87. The molecule has 1 fully saturated rings. The van der Waals surface area contributed by atoms with Crippen LogP contribution in [0.3, 0.4) is 0 Å². The van der Waals surface area contributed by atoms with Crippen molar-refractivity contribution in [2.24, 2.45) is 0 Å². The monoisotopic (exact) mass is 310 g/mol. The molecule has 1 unspecified atom stereocenters. The maximum absolute atomic E-state index is 10.5. The second-order valence-corrected chi connectivity index (χ2v) is 6.73. The van der Waals surface area contributed by atoms with Crippen molar-refractivity contribution in [3.63, 3.8) is 0 Å². The molecule has 0 amide bonds. The lowest BCUT2D eigenvalue weighted by Gasteiger charge is -2.29. The Morgan fingerprint density at radius 3 is 2.62 bits per heavy atom. The van der Waals surface area contributed by atoms with Gasteiger partial charge in [-0.15, -0.1) is 0 Å². The topological polar surface area (TPSA) is 35.5 Å². The highest BCUT2D eigenvalue weighted by Gasteiger charge is 2.32. The zero-order valence-electron chi connectivity index (χ0n) is 13.1. The minimum absolute atomic E-state index is 0.249. The molecule has 1 aliphatic carbocycles. The summed E-state index contributed by atoms with van der Waals surface area (Å²) < 4.78 is 0. The molecule has 0 heterocycles. The van der Waals surface area contributed by atoms with Gasteiger partial charge in [-0.1, -0.05) is 42.6 Å². The highest BCUT2D eigenvalue weighted by atomic mass is 35.5. The highest BCUT2D eigenvalue weighted by molar-refractivity contribution is 6.31. The first kappa shape index (κ1) is 16.8. The summed E-state index contributed by atoms with van der Waals surface area (Å²) in [6.45, 7) is 1.71. The molecule has 2 rings (SSSR count). The highest BCUT2D eigenvalue weighted by Crippen LogP contribution is 2.30. The molecule has 2 N–H and O–H groups in total. The van der Waals surface area contributed by atoms with Gasteiger partial charge in [-0.05, 0) is 51.5 Å². The fraction of sp³-hybridized carbons (Fsp3) is 0.647. The molecule has 21 heavy (non-hydrogen) atoms. The van der Waals surface area contributed by atoms with Crippen LogP contribution in [-0.2, 0) is 0 Å². The van der Waals surface area contributed by atoms with E-state index in [0.29, 0.717) is 0 Å². The largest absolute Gasteiger partial charge is 0.389 e. The van der Waals surface area contributed by atoms with Crippen LogP contribution in [0.15, 0.2) is 24.3 Å². The fourth-order valence-electron chi connectivity index (χ4n) is 3.34. The number of nitrogens with zero attached hydrogens (tertiary/aromatic N) is 1. The summed E-state index contributed by atoms with van der Waals surface area (Å²) in [5.41, 5.74) is 0.684. The van der Waals surface area contributed by atoms with E-state index < -0.39 is 5.60 Å². The Kier molecular flexibility index (Phi) is 6.06. The van der Waals surface area contributed by atoms with Crippen LogP contribution in [0.5, 0.6) is 0 Å². The third-order valence-corrected chi connectivity index (χ3v) is 4.87. The number of nitrogens with one attached hydrogen (secondary N) is 1. The number of halogens is 1. The number of aliphatic hydroxyl groups is 1. The van der Waals surface area contributed by atoms with Crippen LogP contribution >= 0.6 is 11.6 Å². The SMILES string of the molecule is CNC(CCN(C)CC1(O)CCCC1)c1ccccc1Cl. The van der Waals surface area contributed by atoms with E-state index in [4.69, 9.17) is 11.6 Å². The van der Waals surface area contributed by atoms with E-state index >= 15 is 0 Å². The summed E-state index contributed by atoms with van der Waals surface area (Å²) in [7, 11) is 4.06. The number of likely N-dealkylation sites (N-methyl/N-ethyl adjacent to an activating group) is 1. The van der Waals surface area contributed by atoms with Crippen LogP contribution in [0.4, 0.5) is 0 Å². The van der Waals surface area contributed by atoms with E-state index in [-0.39, 0.29) is 6.04 Å². The van der Waals surface area contributed by atoms with Gasteiger partial charge in [-0.25, -0.2) is 0 Å². The Bertz CT molecular complexity index is 446. The first-order chi connectivity index (χ1) is 10.0. The van der Waals surface area contributed by atoms with Crippen molar-refractivity contribution in [1.82, 2.24) is 10.2 Å². The van der Waals surface area contributed by atoms with E-state index in [9.17, 15) is 5.11 Å². The number of rotatable bonds is 7. The first-order valence-corrected chi connectivity index (χ1v) is 8.24. The third-order valence-electron chi connectivity index (χ3n) is 4.53. The maximum atomic E-state index is 10.5. The Labute approximate surface area is 133 Å². The summed E-state index contributed by atoms with van der Waals surface area (Å²) in [5.74, 6) is 0. The Morgan fingerprint density at radius 2 is 2.00 bits per heavy atom. The molecule has 1 atom stereocenters. The maximum Gasteiger partial charge on any atom is 0.0774 e. The minimum Gasteiger partial charge on any atom is -0.389 e. The van der Waals surface area contributed by atoms with Crippen molar-refractivity contribution in [1.29, 1.82) is 0 Å². The molecular weight excluding hydrogens is 284 g/mol. The zero-order valence-corrected chi connectivity index (χ0v) is 13.9. The molecule has 1 aliphatic rings. The molecule has 1 aromatic rings. The Morgan fingerprint density at radius 1 is 1.33 bits per heavy atom. The van der Waals surface area contributed by atoms with Crippen molar-refractivity contribution in [3.05, 3.63) is 34.9 Å². The van der Waals surface area contributed by atoms with Crippen molar-refractivity contribution in [3.8, 4) is 0 Å². The summed E-state index contributed by atoms with van der Waals surface area (Å²) >= 11 is 6.28. The molecule has 0 spiro atoms. The summed E-state index contributed by atoms with van der Waals surface area (Å²) in [5, 5.41) is 14.6. The van der Waals surface area contributed by atoms with E-state index in [1.807, 2.05) is 25.2 Å². The average Bonchev–Trinajstić information content (AvgIpc) is 2.87. The van der Waals surface area contributed by atoms with Crippen LogP contribution in [-0.4, -0.2) is 42.8 Å². The normalized spacial score (nSPS) is 19.1. The fourth-order valence-corrected chi connectivity index (χ4v) is 3.60. The van der Waals surface area contributed by atoms with Gasteiger partial charge in [0.1, 0.15) is 0 Å². The van der Waals surface area contributed by atoms with Crippen LogP contribution in [0, 0.1) is 0 Å². The molecule has 0 bridgehead atoms. The van der Waals surface area contributed by atoms with Gasteiger partial charge in [-0.2, -0.15) is 0 Å². The molecule has 1 saturated carbocycles. The van der Waals surface area contributed by atoms with Crippen LogP contribution in [0.2, 0.25) is 5.02 Å². The van der Waals surface area contributed by atoms with Crippen molar-refractivity contribution < 1.29 is 5.11 Å². The Hall–Kier alpha value is -0.610. The van der Waals surface area contributed by atoms with Crippen molar-refractivity contribution >= 4 is 11.6 Å². The molecule has 1 aromatic carbocycles. The summed E-state index contributed by atoms with van der Waals surface area (Å²) in [6.07, 6.45) is 5.17. The zero-order chi connectivity index (χ0) is 15.3. The molecule has 0 aromatic heterocycles. The van der Waals surface area contributed by atoms with E-state index in [1.54, 1.807) is 0 Å². The van der Waals surface area contributed by atoms with E-state index in [2.05, 4.69) is 23.3 Å². The van der Waals surface area contributed by atoms with Crippen molar-refractivity contribution in [2.75, 3.05) is 27.2 Å². The van der Waals surface area contributed by atoms with E-state index in [1.165, 1.54) is 0 Å². The van der Waals surface area contributed by atoms with Crippen LogP contribution in [0.1, 0.15) is 43.7 Å². The molecular formula is C17H27ClN2O. The van der Waals surface area contributed by atoms with Gasteiger partial charge >= 0.3 is 0 Å². The van der Waals surface area contributed by atoms with Gasteiger partial charge in [0.15, 0.2) is 0 Å². The van der Waals surface area contributed by atoms with Crippen LogP contribution < -0.4 is 5.32 Å². The predicted molar refractivity (Wildman–Crippen MR) is 88.8 cm³/mol. The lowest BCUT2D eigenvalue weighted by molar-refractivity contribution is 0.0157.